The summed E-state index contributed by atoms with van der Waals surface area (Å²) in [7, 11) is 1.82. The molecule has 0 radical (unpaired) electrons. The highest BCUT2D eigenvalue weighted by Crippen LogP contribution is 2.45. The van der Waals surface area contributed by atoms with Crippen molar-refractivity contribution < 1.29 is 14.3 Å². The van der Waals surface area contributed by atoms with Gasteiger partial charge >= 0.3 is 5.97 Å². The molecule has 0 spiro atoms. The number of nitrogens with one attached hydrogen (secondary N) is 1. The highest BCUT2D eigenvalue weighted by molar-refractivity contribution is 5.78. The Hall–Kier alpha value is -2.21. The van der Waals surface area contributed by atoms with Crippen molar-refractivity contribution in [3.63, 3.8) is 0 Å². The molecular formula is C30H40N2O3. The number of esters is 1. The first-order chi connectivity index (χ1) is 17.1. The summed E-state index contributed by atoms with van der Waals surface area (Å²) in [6.45, 7) is 5.04. The molecule has 0 aromatic heterocycles. The molecule has 3 aliphatic rings. The number of carbonyl (C=O) groups excluding carboxylic acids is 1. The van der Waals surface area contributed by atoms with Gasteiger partial charge in [0.05, 0.1) is 12.0 Å². The van der Waals surface area contributed by atoms with Gasteiger partial charge < -0.3 is 19.7 Å². The van der Waals surface area contributed by atoms with Gasteiger partial charge in [0.2, 0.25) is 0 Å². The van der Waals surface area contributed by atoms with Crippen LogP contribution in [0.25, 0.3) is 0 Å². The maximum absolute atomic E-state index is 13.1. The summed E-state index contributed by atoms with van der Waals surface area (Å²) in [5.74, 6) is 0.639. The van der Waals surface area contributed by atoms with Crippen LogP contribution >= 0.6 is 0 Å². The van der Waals surface area contributed by atoms with E-state index in [0.717, 1.165) is 70.5 Å². The fourth-order valence-electron chi connectivity index (χ4n) is 6.04. The molecule has 2 aliphatic carbocycles. The Morgan fingerprint density at radius 1 is 1.00 bits per heavy atom. The Kier molecular flexibility index (Phi) is 7.56. The Morgan fingerprint density at radius 2 is 1.69 bits per heavy atom. The molecular weight excluding hydrogens is 436 g/mol. The number of carbonyl (C=O) groups is 1. The van der Waals surface area contributed by atoms with Crippen LogP contribution in [0.15, 0.2) is 60.7 Å². The Labute approximate surface area is 210 Å². The quantitative estimate of drug-likeness (QED) is 0.473. The third kappa shape index (κ3) is 5.79. The molecule has 3 fully saturated rings. The van der Waals surface area contributed by atoms with Crippen molar-refractivity contribution in [1.29, 1.82) is 0 Å². The predicted molar refractivity (Wildman–Crippen MR) is 138 cm³/mol. The van der Waals surface area contributed by atoms with Crippen molar-refractivity contribution in [3.8, 4) is 0 Å². The third-order valence-corrected chi connectivity index (χ3v) is 8.61. The SMILES string of the molecule is COCC1(CN[C@@H]2C[C@@H]2c2ccccc2)CCN(CC2(C(=O)OCc3ccccc3)CCC2)CC1. The van der Waals surface area contributed by atoms with Crippen LogP contribution in [-0.4, -0.2) is 56.8 Å². The van der Waals surface area contributed by atoms with E-state index in [9.17, 15) is 4.79 Å². The van der Waals surface area contributed by atoms with Crippen LogP contribution in [0.5, 0.6) is 0 Å². The van der Waals surface area contributed by atoms with Crippen LogP contribution in [0.1, 0.15) is 55.6 Å². The third-order valence-electron chi connectivity index (χ3n) is 8.61. The number of benzene rings is 2. The van der Waals surface area contributed by atoms with E-state index >= 15 is 0 Å². The van der Waals surface area contributed by atoms with E-state index in [0.29, 0.717) is 18.6 Å². The lowest BCUT2D eigenvalue weighted by molar-refractivity contribution is -0.165. The summed E-state index contributed by atoms with van der Waals surface area (Å²) in [4.78, 5) is 15.6. The lowest BCUT2D eigenvalue weighted by Gasteiger charge is -2.47. The van der Waals surface area contributed by atoms with E-state index in [2.05, 4.69) is 40.5 Å². The Balaban J connectivity index is 1.11. The summed E-state index contributed by atoms with van der Waals surface area (Å²) in [5.41, 5.74) is 2.36. The summed E-state index contributed by atoms with van der Waals surface area (Å²) >= 11 is 0. The second kappa shape index (κ2) is 10.8. The molecule has 1 aliphatic heterocycles. The van der Waals surface area contributed by atoms with Crippen molar-refractivity contribution in [2.24, 2.45) is 10.8 Å². The maximum Gasteiger partial charge on any atom is 0.313 e. The number of rotatable bonds is 11. The zero-order valence-electron chi connectivity index (χ0n) is 21.1. The fourth-order valence-corrected chi connectivity index (χ4v) is 6.04. The largest absolute Gasteiger partial charge is 0.460 e. The van der Waals surface area contributed by atoms with Gasteiger partial charge in [-0.1, -0.05) is 67.1 Å². The second-order valence-corrected chi connectivity index (χ2v) is 11.1. The molecule has 188 valence electrons. The van der Waals surface area contributed by atoms with E-state index < -0.39 is 0 Å². The molecule has 35 heavy (non-hydrogen) atoms. The number of nitrogens with zero attached hydrogens (tertiary/aromatic N) is 1. The van der Waals surface area contributed by atoms with Gasteiger partial charge in [-0.25, -0.2) is 0 Å². The average Bonchev–Trinajstić information content (AvgIpc) is 3.66. The molecule has 2 aromatic rings. The van der Waals surface area contributed by atoms with Gasteiger partial charge in [-0.05, 0) is 56.3 Å². The van der Waals surface area contributed by atoms with Crippen LogP contribution in [0.2, 0.25) is 0 Å². The molecule has 5 rings (SSSR count). The molecule has 0 unspecified atom stereocenters. The van der Waals surface area contributed by atoms with Crippen molar-refractivity contribution in [2.75, 3.05) is 39.9 Å². The van der Waals surface area contributed by atoms with E-state index in [4.69, 9.17) is 9.47 Å². The van der Waals surface area contributed by atoms with Gasteiger partial charge in [0.15, 0.2) is 0 Å². The van der Waals surface area contributed by atoms with Crippen LogP contribution in [0.4, 0.5) is 0 Å². The highest BCUT2D eigenvalue weighted by atomic mass is 16.5. The van der Waals surface area contributed by atoms with Crippen LogP contribution in [0, 0.1) is 10.8 Å². The van der Waals surface area contributed by atoms with Gasteiger partial charge in [0.25, 0.3) is 0 Å². The van der Waals surface area contributed by atoms with Crippen LogP contribution < -0.4 is 5.32 Å². The van der Waals surface area contributed by atoms with E-state index in [1.165, 1.54) is 12.0 Å². The fraction of sp³-hybridized carbons (Fsp3) is 0.567. The monoisotopic (exact) mass is 476 g/mol. The van der Waals surface area contributed by atoms with Crippen LogP contribution in [0.3, 0.4) is 0 Å². The first-order valence-corrected chi connectivity index (χ1v) is 13.3. The Bertz CT molecular complexity index is 952. The van der Waals surface area contributed by atoms with Gasteiger partial charge in [-0.3, -0.25) is 4.79 Å². The molecule has 2 aromatic carbocycles. The van der Waals surface area contributed by atoms with E-state index in [1.54, 1.807) is 0 Å². The number of hydrogen-bond acceptors (Lipinski definition) is 5. The second-order valence-electron chi connectivity index (χ2n) is 11.1. The molecule has 1 heterocycles. The summed E-state index contributed by atoms with van der Waals surface area (Å²) < 4.78 is 11.5. The van der Waals surface area contributed by atoms with Gasteiger partial charge in [-0.15, -0.1) is 0 Å². The normalized spacial score (nSPS) is 24.9. The Morgan fingerprint density at radius 3 is 2.31 bits per heavy atom. The number of piperidine rings is 1. The minimum atomic E-state index is -0.314. The topological polar surface area (TPSA) is 50.8 Å². The molecule has 0 bridgehead atoms. The predicted octanol–water partition coefficient (Wildman–Crippen LogP) is 4.77. The molecule has 1 N–H and O–H groups in total. The van der Waals surface area contributed by atoms with E-state index in [1.807, 2.05) is 37.4 Å². The van der Waals surface area contributed by atoms with Gasteiger partial charge in [0, 0.05) is 37.6 Å². The first-order valence-electron chi connectivity index (χ1n) is 13.3. The molecule has 2 atom stereocenters. The van der Waals surface area contributed by atoms with Crippen molar-refractivity contribution in [3.05, 3.63) is 71.8 Å². The summed E-state index contributed by atoms with van der Waals surface area (Å²) in [6, 6.07) is 21.4. The van der Waals surface area contributed by atoms with Crippen LogP contribution in [-0.2, 0) is 20.9 Å². The molecule has 5 nitrogen and oxygen atoms in total. The average molecular weight is 477 g/mol. The molecule has 0 amide bonds. The minimum absolute atomic E-state index is 0.0105. The molecule has 1 saturated heterocycles. The first kappa shape index (κ1) is 24.5. The number of hydrogen-bond donors (Lipinski definition) is 1. The molecule has 2 saturated carbocycles. The number of ether oxygens (including phenoxy) is 2. The lowest BCUT2D eigenvalue weighted by Crippen LogP contribution is -2.53. The van der Waals surface area contributed by atoms with Crippen molar-refractivity contribution >= 4 is 5.97 Å². The smallest absolute Gasteiger partial charge is 0.313 e. The van der Waals surface area contributed by atoms with Gasteiger partial charge in [-0.2, -0.15) is 0 Å². The zero-order valence-corrected chi connectivity index (χ0v) is 21.1. The summed E-state index contributed by atoms with van der Waals surface area (Å²) in [6.07, 6.45) is 6.45. The molecule has 5 heteroatoms. The number of methoxy groups -OCH3 is 1. The van der Waals surface area contributed by atoms with E-state index in [-0.39, 0.29) is 16.8 Å². The standard InChI is InChI=1S/C30H40N2O3/c1-34-23-29(21-31-27-19-26(27)25-11-6-3-7-12-25)15-17-32(18-16-29)22-30(13-8-14-30)28(33)35-20-24-9-4-2-5-10-24/h2-7,9-12,26-27,31H,8,13-23H2,1H3/t26-,27-/m1/s1. The van der Waals surface area contributed by atoms with Crippen molar-refractivity contribution in [2.45, 2.75) is 57.1 Å². The van der Waals surface area contributed by atoms with Crippen molar-refractivity contribution in [1.82, 2.24) is 10.2 Å². The minimum Gasteiger partial charge on any atom is -0.460 e. The zero-order chi connectivity index (χ0) is 24.1. The summed E-state index contributed by atoms with van der Waals surface area (Å²) in [5, 5.41) is 3.86. The van der Waals surface area contributed by atoms with Gasteiger partial charge in [0.1, 0.15) is 6.61 Å². The maximum atomic E-state index is 13.1. The highest BCUT2D eigenvalue weighted by Gasteiger charge is 2.48. The number of likely N-dealkylation sites (tertiary alicyclic amines) is 1. The lowest BCUT2D eigenvalue weighted by atomic mass is 9.67.